The number of ether oxygens (including phenoxy) is 1. The highest BCUT2D eigenvalue weighted by molar-refractivity contribution is 5.82. The topological polar surface area (TPSA) is 99.2 Å². The van der Waals surface area contributed by atoms with Gasteiger partial charge in [0.2, 0.25) is 0 Å². The Hall–Kier alpha value is -2.48. The van der Waals surface area contributed by atoms with Crippen LogP contribution in [0.1, 0.15) is 84.5 Å². The van der Waals surface area contributed by atoms with Crippen LogP contribution in [-0.4, -0.2) is 43.4 Å². The van der Waals surface area contributed by atoms with E-state index in [2.05, 4.69) is 17.4 Å². The first-order chi connectivity index (χ1) is 17.7. The molecule has 8 heteroatoms. The Morgan fingerprint density at radius 1 is 1.00 bits per heavy atom. The molecule has 3 fully saturated rings. The van der Waals surface area contributed by atoms with Gasteiger partial charge in [0.25, 0.3) is 0 Å². The molecule has 2 unspecified atom stereocenters. The molecular formula is C29H42N4O4. The van der Waals surface area contributed by atoms with E-state index in [1.807, 2.05) is 6.92 Å². The molecule has 8 nitrogen and oxygen atoms in total. The van der Waals surface area contributed by atoms with Gasteiger partial charge in [-0.05, 0) is 110 Å². The van der Waals surface area contributed by atoms with Crippen molar-refractivity contribution in [2.75, 3.05) is 7.11 Å². The molecule has 1 aromatic heterocycles. The molecule has 3 aliphatic carbocycles. The van der Waals surface area contributed by atoms with Gasteiger partial charge in [0.05, 0.1) is 18.4 Å². The van der Waals surface area contributed by atoms with Crippen LogP contribution in [0.5, 0.6) is 5.75 Å². The molecule has 1 N–H and O–H groups in total. The van der Waals surface area contributed by atoms with Gasteiger partial charge in [0.15, 0.2) is 5.78 Å². The van der Waals surface area contributed by atoms with Crippen molar-refractivity contribution in [3.63, 3.8) is 0 Å². The summed E-state index contributed by atoms with van der Waals surface area (Å²) in [6.07, 6.45) is 11.7. The number of Topliss-reactive ketones (excluding diaryl/α,β-unsaturated/α-hetero) is 1. The van der Waals surface area contributed by atoms with Gasteiger partial charge in [-0.15, -0.1) is 0 Å². The third-order valence-corrected chi connectivity index (χ3v) is 10.0. The second kappa shape index (κ2) is 10.4. The smallest absolute Gasteiger partial charge is 0.368 e. The molecule has 3 aliphatic rings. The first-order valence-electron chi connectivity index (χ1n) is 14.1. The van der Waals surface area contributed by atoms with E-state index in [0.717, 1.165) is 57.8 Å². The fourth-order valence-electron chi connectivity index (χ4n) is 7.96. The maximum Gasteiger partial charge on any atom is 0.368 e. The van der Waals surface area contributed by atoms with Crippen LogP contribution in [0.2, 0.25) is 0 Å². The lowest BCUT2D eigenvalue weighted by Crippen LogP contribution is -2.44. The maximum absolute atomic E-state index is 13.6. The summed E-state index contributed by atoms with van der Waals surface area (Å²) in [6, 6.07) is 7.04. The molecule has 1 heterocycles. The van der Waals surface area contributed by atoms with Crippen LogP contribution in [0, 0.1) is 29.1 Å². The summed E-state index contributed by atoms with van der Waals surface area (Å²) in [7, 11) is 1.59. The van der Waals surface area contributed by atoms with E-state index in [0.29, 0.717) is 29.2 Å². The fourth-order valence-corrected chi connectivity index (χ4v) is 7.96. The Kier molecular flexibility index (Phi) is 7.31. The van der Waals surface area contributed by atoms with Gasteiger partial charge >= 0.3 is 5.69 Å². The number of rotatable bonds is 5. The number of fused-ring (bicyclic) bond motifs is 3. The van der Waals surface area contributed by atoms with Gasteiger partial charge < -0.3 is 9.84 Å². The molecule has 5 rings (SSSR count). The molecule has 0 amide bonds. The Bertz CT molecular complexity index is 1150. The lowest BCUT2D eigenvalue weighted by atomic mass is 9.55. The normalized spacial score (nSPS) is 34.4. The average Bonchev–Trinajstić information content (AvgIpc) is 3.42. The highest BCUT2D eigenvalue weighted by Gasteiger charge is 2.55. The SMILES string of the molecule is COc1ccc(-n2nnn(CC(=O)[C@H]3CCC4[C@@H]5CCCC[C@](C)(O)CCCC5CC[C@@]43C)c2=O)cc1. The molecule has 3 saturated carbocycles. The average molecular weight is 511 g/mol. The fraction of sp³-hybridized carbons (Fsp3) is 0.724. The van der Waals surface area contributed by atoms with Crippen molar-refractivity contribution in [2.24, 2.45) is 29.1 Å². The highest BCUT2D eigenvalue weighted by atomic mass is 16.5. The predicted octanol–water partition coefficient (Wildman–Crippen LogP) is 4.56. The van der Waals surface area contributed by atoms with Gasteiger partial charge in [0, 0.05) is 5.92 Å². The summed E-state index contributed by atoms with van der Waals surface area (Å²) in [5.74, 6) is 2.70. The summed E-state index contributed by atoms with van der Waals surface area (Å²) < 4.78 is 7.63. The number of nitrogens with zero attached hydrogens (tertiary/aromatic N) is 4. The Balaban J connectivity index is 1.29. The molecule has 0 saturated heterocycles. The number of methoxy groups -OCH3 is 1. The largest absolute Gasteiger partial charge is 0.497 e. The van der Waals surface area contributed by atoms with E-state index in [1.54, 1.807) is 31.4 Å². The minimum atomic E-state index is -0.520. The Morgan fingerprint density at radius 3 is 2.51 bits per heavy atom. The second-order valence-corrected chi connectivity index (χ2v) is 12.3. The van der Waals surface area contributed by atoms with Crippen LogP contribution < -0.4 is 10.4 Å². The summed E-state index contributed by atoms with van der Waals surface area (Å²) >= 11 is 0. The van der Waals surface area contributed by atoms with E-state index >= 15 is 0 Å². The van der Waals surface area contributed by atoms with Crippen molar-refractivity contribution in [1.82, 2.24) is 19.8 Å². The number of tetrazole rings is 1. The number of aromatic nitrogens is 4. The zero-order valence-electron chi connectivity index (χ0n) is 22.6. The highest BCUT2D eigenvalue weighted by Crippen LogP contribution is 2.61. The van der Waals surface area contributed by atoms with Crippen LogP contribution in [0.3, 0.4) is 0 Å². The standard InChI is InChI=1S/C29H42N4O4/c1-28(36)16-5-4-8-23-20(7-6-17-28)15-18-29(2)24(23)13-14-25(29)26(34)19-32-27(35)33(31-30-32)21-9-11-22(37-3)12-10-21/h9-12,20,23-25,36H,4-8,13-19H2,1-3H3/t20?,23-,24?,25-,28+,29+/m1/s1. The minimum Gasteiger partial charge on any atom is -0.497 e. The number of ketones is 1. The number of aliphatic hydroxyl groups is 1. The molecule has 202 valence electrons. The molecule has 2 aromatic rings. The molecule has 0 bridgehead atoms. The second-order valence-electron chi connectivity index (χ2n) is 12.3. The predicted molar refractivity (Wildman–Crippen MR) is 141 cm³/mol. The van der Waals surface area contributed by atoms with E-state index in [-0.39, 0.29) is 23.7 Å². The third kappa shape index (κ3) is 5.14. The van der Waals surface area contributed by atoms with Gasteiger partial charge in [-0.2, -0.15) is 9.36 Å². The number of hydrogen-bond acceptors (Lipinski definition) is 6. The van der Waals surface area contributed by atoms with Crippen molar-refractivity contribution in [2.45, 2.75) is 96.6 Å². The maximum atomic E-state index is 13.6. The zero-order valence-corrected chi connectivity index (χ0v) is 22.6. The van der Waals surface area contributed by atoms with Crippen LogP contribution in [0.15, 0.2) is 29.1 Å². The molecule has 1 aromatic carbocycles. The molecule has 37 heavy (non-hydrogen) atoms. The van der Waals surface area contributed by atoms with Crippen LogP contribution in [0.4, 0.5) is 0 Å². The summed E-state index contributed by atoms with van der Waals surface area (Å²) in [5, 5.41) is 18.7. The van der Waals surface area contributed by atoms with Crippen LogP contribution >= 0.6 is 0 Å². The zero-order chi connectivity index (χ0) is 26.2. The minimum absolute atomic E-state index is 0.0105. The summed E-state index contributed by atoms with van der Waals surface area (Å²) in [6.45, 7) is 4.31. The van der Waals surface area contributed by atoms with Crippen molar-refractivity contribution in [3.05, 3.63) is 34.7 Å². The van der Waals surface area contributed by atoms with Crippen LogP contribution in [0.25, 0.3) is 5.69 Å². The van der Waals surface area contributed by atoms with Gasteiger partial charge in [-0.1, -0.05) is 32.6 Å². The summed E-state index contributed by atoms with van der Waals surface area (Å²) in [4.78, 5) is 26.6. The molecular weight excluding hydrogens is 468 g/mol. The molecule has 0 radical (unpaired) electrons. The molecule has 6 atom stereocenters. The Morgan fingerprint density at radius 2 is 1.76 bits per heavy atom. The first-order valence-corrected chi connectivity index (χ1v) is 14.1. The van der Waals surface area contributed by atoms with Gasteiger partial charge in [-0.25, -0.2) is 4.79 Å². The molecule has 0 spiro atoms. The molecule has 0 aliphatic heterocycles. The third-order valence-electron chi connectivity index (χ3n) is 10.0. The van der Waals surface area contributed by atoms with Gasteiger partial charge in [-0.3, -0.25) is 4.79 Å². The van der Waals surface area contributed by atoms with E-state index in [9.17, 15) is 14.7 Å². The van der Waals surface area contributed by atoms with Crippen LogP contribution in [-0.2, 0) is 11.3 Å². The van der Waals surface area contributed by atoms with Crippen molar-refractivity contribution in [3.8, 4) is 11.4 Å². The van der Waals surface area contributed by atoms with Crippen molar-refractivity contribution < 1.29 is 14.6 Å². The monoisotopic (exact) mass is 510 g/mol. The number of benzene rings is 1. The number of carbonyl (C=O) groups excluding carboxylic acids is 1. The Labute approximate surface area is 219 Å². The first kappa shape index (κ1) is 26.1. The van der Waals surface area contributed by atoms with E-state index in [1.165, 1.54) is 22.2 Å². The lowest BCUT2D eigenvalue weighted by Gasteiger charge is -2.49. The number of hydrogen-bond donors (Lipinski definition) is 1. The van der Waals surface area contributed by atoms with Gasteiger partial charge in [0.1, 0.15) is 12.3 Å². The summed E-state index contributed by atoms with van der Waals surface area (Å²) in [5.41, 5.74) is -0.337. The number of carbonyl (C=O) groups is 1. The van der Waals surface area contributed by atoms with E-state index in [4.69, 9.17) is 4.74 Å². The lowest BCUT2D eigenvalue weighted by molar-refractivity contribution is -0.129. The van der Waals surface area contributed by atoms with E-state index < -0.39 is 11.3 Å². The van der Waals surface area contributed by atoms with Crippen molar-refractivity contribution in [1.29, 1.82) is 0 Å². The van der Waals surface area contributed by atoms with Crippen molar-refractivity contribution >= 4 is 5.78 Å². The quantitative estimate of drug-likeness (QED) is 0.633.